The maximum atomic E-state index is 12.7. The second kappa shape index (κ2) is 6.63. The number of hydrogen-bond donors (Lipinski definition) is 2. The van der Waals surface area contributed by atoms with Gasteiger partial charge >= 0.3 is 0 Å². The molecule has 1 aromatic carbocycles. The minimum Gasteiger partial charge on any atom is -0.399 e. The van der Waals surface area contributed by atoms with Crippen LogP contribution >= 0.6 is 0 Å². The molecule has 0 aliphatic rings. The van der Waals surface area contributed by atoms with Crippen molar-refractivity contribution >= 4 is 22.5 Å². The topological polar surface area (TPSA) is 71.3 Å². The first-order valence-electron chi connectivity index (χ1n) is 7.25. The molecule has 0 radical (unpaired) electrons. The molecule has 0 fully saturated rings. The number of nitrogens with zero attached hydrogens (tertiary/aromatic N) is 1. The van der Waals surface area contributed by atoms with Crippen LogP contribution in [0.25, 0.3) is 10.9 Å². The Morgan fingerprint density at radius 1 is 1.43 bits per heavy atom. The van der Waals surface area contributed by atoms with Gasteiger partial charge in [0.25, 0.3) is 5.91 Å². The molecule has 1 atom stereocenters. The first kappa shape index (κ1) is 15.4. The normalized spacial score (nSPS) is 12.5. The van der Waals surface area contributed by atoms with Crippen molar-refractivity contribution in [2.45, 2.75) is 26.3 Å². The molecule has 0 spiro atoms. The number of benzene rings is 1. The number of rotatable bonds is 6. The van der Waals surface area contributed by atoms with Gasteiger partial charge in [-0.25, -0.2) is 0 Å². The SMILES string of the molecule is CCC(C)N(CCOC)C(=O)c1cc2cc(N)ccc2[nH]1. The molecular formula is C16H23N3O2. The van der Waals surface area contributed by atoms with Crippen LogP contribution in [-0.4, -0.2) is 42.1 Å². The molecular weight excluding hydrogens is 266 g/mol. The molecule has 114 valence electrons. The number of carbonyl (C=O) groups excluding carboxylic acids is 1. The summed E-state index contributed by atoms with van der Waals surface area (Å²) in [5.41, 5.74) is 7.98. The molecule has 1 heterocycles. The van der Waals surface area contributed by atoms with Crippen molar-refractivity contribution in [2.75, 3.05) is 26.0 Å². The quantitative estimate of drug-likeness (QED) is 0.803. The van der Waals surface area contributed by atoms with Crippen molar-refractivity contribution in [3.63, 3.8) is 0 Å². The number of H-pyrrole nitrogens is 1. The van der Waals surface area contributed by atoms with Crippen molar-refractivity contribution in [1.82, 2.24) is 9.88 Å². The van der Waals surface area contributed by atoms with E-state index in [4.69, 9.17) is 10.5 Å². The van der Waals surface area contributed by atoms with Crippen LogP contribution in [0.3, 0.4) is 0 Å². The highest BCUT2D eigenvalue weighted by Gasteiger charge is 2.21. The predicted octanol–water partition coefficient (Wildman–Crippen LogP) is 2.64. The molecule has 0 aliphatic heterocycles. The molecule has 0 aliphatic carbocycles. The van der Waals surface area contributed by atoms with Gasteiger partial charge in [0.2, 0.25) is 0 Å². The lowest BCUT2D eigenvalue weighted by atomic mass is 10.2. The second-order valence-corrected chi connectivity index (χ2v) is 5.28. The third-order valence-electron chi connectivity index (χ3n) is 3.80. The van der Waals surface area contributed by atoms with Gasteiger partial charge in [-0.15, -0.1) is 0 Å². The number of fused-ring (bicyclic) bond motifs is 1. The van der Waals surface area contributed by atoms with Crippen LogP contribution in [-0.2, 0) is 4.74 Å². The fraction of sp³-hybridized carbons (Fsp3) is 0.438. The number of amides is 1. The summed E-state index contributed by atoms with van der Waals surface area (Å²) < 4.78 is 5.11. The van der Waals surface area contributed by atoms with Crippen LogP contribution in [0.5, 0.6) is 0 Å². The number of methoxy groups -OCH3 is 1. The maximum Gasteiger partial charge on any atom is 0.270 e. The van der Waals surface area contributed by atoms with Crippen molar-refractivity contribution in [3.8, 4) is 0 Å². The highest BCUT2D eigenvalue weighted by atomic mass is 16.5. The van der Waals surface area contributed by atoms with Crippen LogP contribution in [0.2, 0.25) is 0 Å². The first-order chi connectivity index (χ1) is 10.1. The molecule has 1 unspecified atom stereocenters. The van der Waals surface area contributed by atoms with E-state index in [0.717, 1.165) is 17.3 Å². The van der Waals surface area contributed by atoms with Gasteiger partial charge in [0.15, 0.2) is 0 Å². The molecule has 3 N–H and O–H groups in total. The number of nitrogen functional groups attached to an aromatic ring is 1. The number of aromatic nitrogens is 1. The summed E-state index contributed by atoms with van der Waals surface area (Å²) in [6.07, 6.45) is 0.905. The zero-order valence-corrected chi connectivity index (χ0v) is 12.8. The number of hydrogen-bond acceptors (Lipinski definition) is 3. The zero-order valence-electron chi connectivity index (χ0n) is 12.8. The Morgan fingerprint density at radius 2 is 2.19 bits per heavy atom. The molecule has 0 saturated heterocycles. The molecule has 0 saturated carbocycles. The van der Waals surface area contributed by atoms with Crippen LogP contribution in [0, 0.1) is 0 Å². The fourth-order valence-corrected chi connectivity index (χ4v) is 2.35. The van der Waals surface area contributed by atoms with Gasteiger partial charge in [-0.2, -0.15) is 0 Å². The van der Waals surface area contributed by atoms with E-state index in [-0.39, 0.29) is 11.9 Å². The maximum absolute atomic E-state index is 12.7. The van der Waals surface area contributed by atoms with Crippen molar-refractivity contribution in [2.24, 2.45) is 0 Å². The van der Waals surface area contributed by atoms with Crippen LogP contribution < -0.4 is 5.73 Å². The summed E-state index contributed by atoms with van der Waals surface area (Å²) in [6, 6.07) is 7.61. The lowest BCUT2D eigenvalue weighted by Gasteiger charge is -2.27. The van der Waals surface area contributed by atoms with Gasteiger partial charge < -0.3 is 20.4 Å². The summed E-state index contributed by atoms with van der Waals surface area (Å²) in [6.45, 7) is 5.24. The molecule has 2 aromatic rings. The lowest BCUT2D eigenvalue weighted by molar-refractivity contribution is 0.0609. The first-order valence-corrected chi connectivity index (χ1v) is 7.25. The molecule has 1 aromatic heterocycles. The van der Waals surface area contributed by atoms with Gasteiger partial charge in [0, 0.05) is 36.3 Å². The predicted molar refractivity (Wildman–Crippen MR) is 85.4 cm³/mol. The second-order valence-electron chi connectivity index (χ2n) is 5.28. The Morgan fingerprint density at radius 3 is 2.86 bits per heavy atom. The lowest BCUT2D eigenvalue weighted by Crippen LogP contribution is -2.40. The Hall–Kier alpha value is -2.01. The number of carbonyl (C=O) groups is 1. The van der Waals surface area contributed by atoms with Gasteiger partial charge in [-0.1, -0.05) is 6.92 Å². The Bertz CT molecular complexity index is 621. The van der Waals surface area contributed by atoms with Gasteiger partial charge in [0.1, 0.15) is 5.69 Å². The molecule has 5 nitrogen and oxygen atoms in total. The van der Waals surface area contributed by atoms with E-state index in [9.17, 15) is 4.79 Å². The summed E-state index contributed by atoms with van der Waals surface area (Å²) in [5, 5.41) is 0.953. The smallest absolute Gasteiger partial charge is 0.270 e. The molecule has 1 amide bonds. The number of nitrogens with one attached hydrogen (secondary N) is 1. The third kappa shape index (κ3) is 3.36. The average molecular weight is 289 g/mol. The Labute approximate surface area is 125 Å². The minimum absolute atomic E-state index is 0.00354. The van der Waals surface area contributed by atoms with Crippen molar-refractivity contribution in [1.29, 1.82) is 0 Å². The van der Waals surface area contributed by atoms with E-state index in [2.05, 4.69) is 11.9 Å². The Kier molecular flexibility index (Phi) is 4.85. The number of anilines is 1. The van der Waals surface area contributed by atoms with E-state index >= 15 is 0 Å². The van der Waals surface area contributed by atoms with Crippen LogP contribution in [0.15, 0.2) is 24.3 Å². The number of nitrogens with two attached hydrogens (primary N) is 1. The molecule has 21 heavy (non-hydrogen) atoms. The monoisotopic (exact) mass is 289 g/mol. The summed E-state index contributed by atoms with van der Waals surface area (Å²) in [4.78, 5) is 17.7. The largest absolute Gasteiger partial charge is 0.399 e. The van der Waals surface area contributed by atoms with Gasteiger partial charge in [0.05, 0.1) is 6.61 Å². The summed E-state index contributed by atoms with van der Waals surface area (Å²) in [5.74, 6) is -0.00354. The highest BCUT2D eigenvalue weighted by molar-refractivity contribution is 5.98. The highest BCUT2D eigenvalue weighted by Crippen LogP contribution is 2.20. The van der Waals surface area contributed by atoms with Crippen molar-refractivity contribution < 1.29 is 9.53 Å². The number of aromatic amines is 1. The van der Waals surface area contributed by atoms with E-state index in [1.807, 2.05) is 36.1 Å². The standard InChI is InChI=1S/C16H23N3O2/c1-4-11(2)19(7-8-21-3)16(20)15-10-12-9-13(17)5-6-14(12)18-15/h5-6,9-11,18H,4,7-8,17H2,1-3H3. The summed E-state index contributed by atoms with van der Waals surface area (Å²) >= 11 is 0. The number of ether oxygens (including phenoxy) is 1. The average Bonchev–Trinajstić information content (AvgIpc) is 2.89. The van der Waals surface area contributed by atoms with Crippen LogP contribution in [0.1, 0.15) is 30.8 Å². The van der Waals surface area contributed by atoms with Crippen LogP contribution in [0.4, 0.5) is 5.69 Å². The molecule has 0 bridgehead atoms. The fourth-order valence-electron chi connectivity index (χ4n) is 2.35. The summed E-state index contributed by atoms with van der Waals surface area (Å²) in [7, 11) is 1.64. The minimum atomic E-state index is -0.00354. The van der Waals surface area contributed by atoms with Gasteiger partial charge in [-0.05, 0) is 37.6 Å². The molecule has 2 rings (SSSR count). The van der Waals surface area contributed by atoms with E-state index in [1.165, 1.54) is 0 Å². The third-order valence-corrected chi connectivity index (χ3v) is 3.80. The zero-order chi connectivity index (χ0) is 15.4. The molecule has 5 heteroatoms. The Balaban J connectivity index is 2.28. The van der Waals surface area contributed by atoms with Crippen molar-refractivity contribution in [3.05, 3.63) is 30.0 Å². The van der Waals surface area contributed by atoms with E-state index in [1.54, 1.807) is 7.11 Å². The van der Waals surface area contributed by atoms with E-state index in [0.29, 0.717) is 24.5 Å². The van der Waals surface area contributed by atoms with E-state index < -0.39 is 0 Å². The van der Waals surface area contributed by atoms with Gasteiger partial charge in [-0.3, -0.25) is 4.79 Å².